The number of piperazine rings is 1. The number of nitrogens with zero attached hydrogens (tertiary/aromatic N) is 4. The van der Waals surface area contributed by atoms with Gasteiger partial charge in [0.1, 0.15) is 10.7 Å². The van der Waals surface area contributed by atoms with Crippen LogP contribution in [0.5, 0.6) is 0 Å². The van der Waals surface area contributed by atoms with Crippen LogP contribution in [-0.4, -0.2) is 107 Å². The van der Waals surface area contributed by atoms with Gasteiger partial charge in [-0.3, -0.25) is 14.6 Å². The van der Waals surface area contributed by atoms with Crippen LogP contribution in [0.15, 0.2) is 28.2 Å². The molecule has 2 saturated heterocycles. The SMILES string of the molecule is O=C(CN1CCN(Cc2nc(-c3ccco3)cs2)CC1)N1CCOCC1.O=C(O)C(=O)O. The molecular weight excluding hydrogens is 440 g/mol. The van der Waals surface area contributed by atoms with Gasteiger partial charge in [0.25, 0.3) is 0 Å². The highest BCUT2D eigenvalue weighted by Gasteiger charge is 2.23. The van der Waals surface area contributed by atoms with E-state index in [4.69, 9.17) is 29.0 Å². The average Bonchev–Trinajstić information content (AvgIpc) is 3.48. The van der Waals surface area contributed by atoms with Crippen LogP contribution in [0.1, 0.15) is 5.01 Å². The van der Waals surface area contributed by atoms with Crippen molar-refractivity contribution < 1.29 is 33.8 Å². The number of aliphatic carboxylic acids is 2. The quantitative estimate of drug-likeness (QED) is 0.601. The van der Waals surface area contributed by atoms with Crippen molar-refractivity contribution in [1.29, 1.82) is 0 Å². The fourth-order valence-corrected chi connectivity index (χ4v) is 4.15. The third-order valence-corrected chi connectivity index (χ3v) is 5.89. The Morgan fingerprint density at radius 3 is 2.25 bits per heavy atom. The number of furan rings is 1. The number of thiazole rings is 1. The van der Waals surface area contributed by atoms with E-state index in [-0.39, 0.29) is 5.91 Å². The highest BCUT2D eigenvalue weighted by Crippen LogP contribution is 2.23. The molecule has 2 N–H and O–H groups in total. The first-order chi connectivity index (χ1) is 15.4. The lowest BCUT2D eigenvalue weighted by Crippen LogP contribution is -2.51. The Labute approximate surface area is 188 Å². The molecule has 0 spiro atoms. The maximum atomic E-state index is 12.4. The molecule has 2 aliphatic heterocycles. The first-order valence-electron chi connectivity index (χ1n) is 10.2. The molecule has 2 aromatic heterocycles. The van der Waals surface area contributed by atoms with Crippen molar-refractivity contribution in [2.75, 3.05) is 59.0 Å². The Balaban J connectivity index is 0.000000427. The van der Waals surface area contributed by atoms with Crippen molar-refractivity contribution in [2.24, 2.45) is 0 Å². The molecule has 174 valence electrons. The van der Waals surface area contributed by atoms with Gasteiger partial charge in [-0.1, -0.05) is 0 Å². The van der Waals surface area contributed by atoms with Gasteiger partial charge in [0.05, 0.1) is 32.6 Å². The number of rotatable bonds is 5. The summed E-state index contributed by atoms with van der Waals surface area (Å²) in [6.07, 6.45) is 1.67. The fraction of sp³-hybridized carbons (Fsp3) is 0.500. The number of carboxylic acid groups (broad SMARTS) is 2. The molecule has 2 aromatic rings. The van der Waals surface area contributed by atoms with E-state index >= 15 is 0 Å². The molecule has 1 amide bonds. The Kier molecular flexibility index (Phi) is 8.73. The Morgan fingerprint density at radius 1 is 1.00 bits per heavy atom. The molecule has 2 aliphatic rings. The van der Waals surface area contributed by atoms with Gasteiger partial charge in [0, 0.05) is 44.6 Å². The molecule has 0 aliphatic carbocycles. The van der Waals surface area contributed by atoms with Crippen LogP contribution in [0.3, 0.4) is 0 Å². The standard InChI is InChI=1S/C18H24N4O3S.C2H2O4/c23-18(22-7-10-24-11-8-22)13-21-5-3-20(4-6-21)12-17-19-15(14-26-17)16-2-1-9-25-16;3-1(4)2(5)6/h1-2,9,14H,3-8,10-13H2;(H,3,4)(H,5,6). The minimum Gasteiger partial charge on any atom is -0.473 e. The lowest BCUT2D eigenvalue weighted by molar-refractivity contribution is -0.159. The summed E-state index contributed by atoms with van der Waals surface area (Å²) < 4.78 is 10.7. The summed E-state index contributed by atoms with van der Waals surface area (Å²) in [6, 6.07) is 3.81. The van der Waals surface area contributed by atoms with Crippen LogP contribution >= 0.6 is 11.3 Å². The number of hydrogen-bond donors (Lipinski definition) is 2. The second kappa shape index (κ2) is 11.7. The van der Waals surface area contributed by atoms with Crippen molar-refractivity contribution in [3.8, 4) is 11.5 Å². The van der Waals surface area contributed by atoms with Crippen molar-refractivity contribution in [3.05, 3.63) is 28.8 Å². The van der Waals surface area contributed by atoms with Crippen LogP contribution in [0.2, 0.25) is 0 Å². The monoisotopic (exact) mass is 466 g/mol. The lowest BCUT2D eigenvalue weighted by atomic mass is 10.3. The van der Waals surface area contributed by atoms with E-state index in [1.54, 1.807) is 17.6 Å². The summed E-state index contributed by atoms with van der Waals surface area (Å²) in [5, 5.41) is 17.9. The molecule has 0 atom stereocenters. The van der Waals surface area contributed by atoms with Gasteiger partial charge in [-0.15, -0.1) is 11.3 Å². The van der Waals surface area contributed by atoms with Crippen LogP contribution in [-0.2, 0) is 25.7 Å². The Bertz CT molecular complexity index is 876. The normalized spacial score (nSPS) is 17.4. The number of carbonyl (C=O) groups is 3. The van der Waals surface area contributed by atoms with Crippen LogP contribution in [0.25, 0.3) is 11.5 Å². The summed E-state index contributed by atoms with van der Waals surface area (Å²) in [4.78, 5) is 41.8. The summed E-state index contributed by atoms with van der Waals surface area (Å²) in [5.74, 6) is -2.60. The zero-order valence-electron chi connectivity index (χ0n) is 17.5. The average molecular weight is 467 g/mol. The summed E-state index contributed by atoms with van der Waals surface area (Å²) in [6.45, 7) is 7.92. The molecule has 0 saturated carbocycles. The van der Waals surface area contributed by atoms with E-state index in [1.807, 2.05) is 22.4 Å². The zero-order chi connectivity index (χ0) is 22.9. The van der Waals surface area contributed by atoms with E-state index in [9.17, 15) is 4.79 Å². The first-order valence-corrected chi connectivity index (χ1v) is 11.0. The van der Waals surface area contributed by atoms with Crippen LogP contribution in [0.4, 0.5) is 0 Å². The third-order valence-electron chi connectivity index (χ3n) is 5.05. The van der Waals surface area contributed by atoms with E-state index < -0.39 is 11.9 Å². The summed E-state index contributed by atoms with van der Waals surface area (Å²) >= 11 is 1.67. The smallest absolute Gasteiger partial charge is 0.414 e. The number of aromatic nitrogens is 1. The Morgan fingerprint density at radius 2 is 1.66 bits per heavy atom. The molecule has 4 heterocycles. The van der Waals surface area contributed by atoms with Gasteiger partial charge in [0.15, 0.2) is 5.76 Å². The molecule has 11 nitrogen and oxygen atoms in total. The fourth-order valence-electron chi connectivity index (χ4n) is 3.32. The molecule has 0 unspecified atom stereocenters. The highest BCUT2D eigenvalue weighted by molar-refractivity contribution is 7.09. The summed E-state index contributed by atoms with van der Waals surface area (Å²) in [5.41, 5.74) is 0.907. The van der Waals surface area contributed by atoms with Crippen LogP contribution in [0, 0.1) is 0 Å². The number of ether oxygens (including phenoxy) is 1. The van der Waals surface area contributed by atoms with Crippen molar-refractivity contribution >= 4 is 29.2 Å². The zero-order valence-corrected chi connectivity index (χ0v) is 18.3. The molecule has 0 aromatic carbocycles. The Hall–Kier alpha value is -2.80. The largest absolute Gasteiger partial charge is 0.473 e. The van der Waals surface area contributed by atoms with E-state index in [1.165, 1.54) is 0 Å². The summed E-state index contributed by atoms with van der Waals surface area (Å²) in [7, 11) is 0. The maximum Gasteiger partial charge on any atom is 0.414 e. The lowest BCUT2D eigenvalue weighted by Gasteiger charge is -2.35. The predicted molar refractivity (Wildman–Crippen MR) is 114 cm³/mol. The predicted octanol–water partition coefficient (Wildman–Crippen LogP) is 0.535. The number of amides is 1. The number of hydrogen-bond acceptors (Lipinski definition) is 9. The molecule has 12 heteroatoms. The van der Waals surface area contributed by atoms with Crippen molar-refractivity contribution in [3.63, 3.8) is 0 Å². The highest BCUT2D eigenvalue weighted by atomic mass is 32.1. The molecule has 0 bridgehead atoms. The van der Waals surface area contributed by atoms with Gasteiger partial charge >= 0.3 is 11.9 Å². The van der Waals surface area contributed by atoms with Crippen LogP contribution < -0.4 is 0 Å². The number of carboxylic acids is 2. The number of carbonyl (C=O) groups excluding carboxylic acids is 1. The number of morpholine rings is 1. The van der Waals surface area contributed by atoms with Gasteiger partial charge < -0.3 is 24.3 Å². The molecule has 32 heavy (non-hydrogen) atoms. The van der Waals surface area contributed by atoms with E-state index in [0.29, 0.717) is 19.8 Å². The third kappa shape index (κ3) is 7.12. The van der Waals surface area contributed by atoms with Crippen molar-refractivity contribution in [1.82, 2.24) is 19.7 Å². The molecular formula is C20H26N4O7S. The van der Waals surface area contributed by atoms with Gasteiger partial charge in [-0.25, -0.2) is 14.6 Å². The second-order valence-electron chi connectivity index (χ2n) is 7.26. The first kappa shape index (κ1) is 23.9. The molecule has 4 rings (SSSR count). The van der Waals surface area contributed by atoms with Crippen molar-refractivity contribution in [2.45, 2.75) is 6.54 Å². The minimum absolute atomic E-state index is 0.227. The molecule has 2 fully saturated rings. The second-order valence-corrected chi connectivity index (χ2v) is 8.20. The molecule has 0 radical (unpaired) electrons. The van der Waals surface area contributed by atoms with E-state index in [2.05, 4.69) is 14.8 Å². The topological polar surface area (TPSA) is 137 Å². The van der Waals surface area contributed by atoms with Gasteiger partial charge in [-0.2, -0.15) is 0 Å². The maximum absolute atomic E-state index is 12.4. The van der Waals surface area contributed by atoms with E-state index in [0.717, 1.165) is 62.3 Å². The minimum atomic E-state index is -1.82. The van der Waals surface area contributed by atoms with Gasteiger partial charge in [0.2, 0.25) is 5.91 Å². The van der Waals surface area contributed by atoms with Gasteiger partial charge in [-0.05, 0) is 12.1 Å².